The van der Waals surface area contributed by atoms with E-state index in [-0.39, 0.29) is 6.42 Å². The molecule has 0 fully saturated rings. The number of nitrogens with zero attached hydrogens (tertiary/aromatic N) is 4. The highest BCUT2D eigenvalue weighted by molar-refractivity contribution is 7.15. The number of fused-ring (bicyclic) bond motifs is 3. The topological polar surface area (TPSA) is 92.4 Å². The van der Waals surface area contributed by atoms with Crippen LogP contribution in [0, 0.1) is 20.8 Å². The summed E-state index contributed by atoms with van der Waals surface area (Å²) >= 11 is 1.58. The second kappa shape index (κ2) is 9.15. The summed E-state index contributed by atoms with van der Waals surface area (Å²) in [7, 11) is 0. The van der Waals surface area contributed by atoms with Gasteiger partial charge >= 0.3 is 12.1 Å². The van der Waals surface area contributed by atoms with Crippen LogP contribution in [0.2, 0.25) is 0 Å². The molecular weight excluding hydrogens is 503 g/mol. The van der Waals surface area contributed by atoms with E-state index in [4.69, 9.17) is 4.99 Å². The number of aliphatic carboxylic acids is 1. The molecule has 0 aliphatic carbocycles. The molecule has 0 saturated carbocycles. The van der Waals surface area contributed by atoms with Gasteiger partial charge in [0.15, 0.2) is 5.82 Å². The van der Waals surface area contributed by atoms with Crippen LogP contribution in [0.5, 0.6) is 0 Å². The maximum Gasteiger partial charge on any atom is 0.416 e. The summed E-state index contributed by atoms with van der Waals surface area (Å²) in [6.45, 7) is 5.87. The van der Waals surface area contributed by atoms with Gasteiger partial charge in [-0.2, -0.15) is 13.2 Å². The maximum absolute atomic E-state index is 12.8. The van der Waals surface area contributed by atoms with Gasteiger partial charge in [0.1, 0.15) is 16.9 Å². The van der Waals surface area contributed by atoms with Crippen molar-refractivity contribution in [2.75, 3.05) is 5.32 Å². The molecule has 1 atom stereocenters. The van der Waals surface area contributed by atoms with Crippen LogP contribution in [-0.2, 0) is 11.0 Å². The van der Waals surface area contributed by atoms with Gasteiger partial charge in [-0.25, -0.2) is 0 Å². The number of hydrogen-bond acceptors (Lipinski definition) is 6. The number of rotatable bonds is 5. The third-order valence-electron chi connectivity index (χ3n) is 6.27. The summed E-state index contributed by atoms with van der Waals surface area (Å²) in [4.78, 5) is 17.7. The van der Waals surface area contributed by atoms with Crippen molar-refractivity contribution in [3.8, 4) is 5.00 Å². The predicted octanol–water partition coefficient (Wildman–Crippen LogP) is 6.38. The van der Waals surface area contributed by atoms with Gasteiger partial charge in [-0.05, 0) is 62.7 Å². The lowest BCUT2D eigenvalue weighted by Crippen LogP contribution is -2.10. The molecule has 2 N–H and O–H groups in total. The zero-order valence-electron chi connectivity index (χ0n) is 20.1. The standard InChI is InChI=1S/C26H22F3N5O2S/c1-13-14(2)37-25-22(13)23(31-20(12-21(35)36)24-33-32-15(3)34(24)25)16-4-8-18(9-5-16)30-19-10-6-17(7-11-19)26(27,28)29/h4-11,20,30H,12H2,1-3H3,(H,35,36)/t20-/m0/s1. The van der Waals surface area contributed by atoms with Gasteiger partial charge in [-0.15, -0.1) is 21.5 Å². The third kappa shape index (κ3) is 4.62. The molecule has 2 aromatic heterocycles. The number of benzene rings is 2. The van der Waals surface area contributed by atoms with Crippen molar-refractivity contribution in [2.24, 2.45) is 4.99 Å². The lowest BCUT2D eigenvalue weighted by Gasteiger charge is -2.12. The van der Waals surface area contributed by atoms with Gasteiger partial charge < -0.3 is 10.4 Å². The monoisotopic (exact) mass is 525 g/mol. The number of thiophene rings is 1. The Morgan fingerprint density at radius 1 is 1.03 bits per heavy atom. The number of carboxylic acid groups (broad SMARTS) is 1. The number of halogens is 3. The highest BCUT2D eigenvalue weighted by Gasteiger charge is 2.32. The van der Waals surface area contributed by atoms with E-state index in [0.29, 0.717) is 28.7 Å². The van der Waals surface area contributed by atoms with Crippen molar-refractivity contribution < 1.29 is 23.1 Å². The average molecular weight is 526 g/mol. The Bertz CT molecular complexity index is 1520. The molecule has 11 heteroatoms. The molecule has 2 aromatic carbocycles. The second-order valence-electron chi connectivity index (χ2n) is 8.77. The van der Waals surface area contributed by atoms with E-state index in [0.717, 1.165) is 38.7 Å². The minimum Gasteiger partial charge on any atom is -0.481 e. The van der Waals surface area contributed by atoms with Gasteiger partial charge in [0.25, 0.3) is 0 Å². The number of aliphatic imine (C=N–C) groups is 1. The highest BCUT2D eigenvalue weighted by Crippen LogP contribution is 2.39. The van der Waals surface area contributed by atoms with E-state index in [1.807, 2.05) is 49.6 Å². The Balaban J connectivity index is 1.53. The summed E-state index contributed by atoms with van der Waals surface area (Å²) in [6, 6.07) is 11.4. The minimum atomic E-state index is -4.39. The van der Waals surface area contributed by atoms with E-state index in [1.54, 1.807) is 11.3 Å². The fourth-order valence-corrected chi connectivity index (χ4v) is 5.52. The Labute approximate surface area is 214 Å². The molecule has 4 aromatic rings. The lowest BCUT2D eigenvalue weighted by molar-refractivity contribution is -0.138. The van der Waals surface area contributed by atoms with E-state index in [9.17, 15) is 23.1 Å². The number of aryl methyl sites for hydroxylation is 2. The van der Waals surface area contributed by atoms with E-state index in [2.05, 4.69) is 15.5 Å². The molecule has 0 saturated heterocycles. The van der Waals surface area contributed by atoms with Gasteiger partial charge in [0.2, 0.25) is 0 Å². The number of nitrogens with one attached hydrogen (secondary N) is 1. The first-order valence-corrected chi connectivity index (χ1v) is 12.2. The Morgan fingerprint density at radius 3 is 2.24 bits per heavy atom. The summed E-state index contributed by atoms with van der Waals surface area (Å²) in [5, 5.41) is 22.0. The quantitative estimate of drug-likeness (QED) is 0.315. The molecule has 7 nitrogen and oxygen atoms in total. The zero-order valence-corrected chi connectivity index (χ0v) is 20.9. The largest absolute Gasteiger partial charge is 0.481 e. The molecule has 0 unspecified atom stereocenters. The molecule has 0 radical (unpaired) electrons. The number of carboxylic acids is 1. The van der Waals surface area contributed by atoms with Gasteiger partial charge in [0, 0.05) is 27.4 Å². The Kier molecular flexibility index (Phi) is 6.10. The summed E-state index contributed by atoms with van der Waals surface area (Å²) in [5.41, 5.74) is 3.89. The van der Waals surface area contributed by atoms with Crippen molar-refractivity contribution in [1.29, 1.82) is 0 Å². The number of carbonyl (C=O) groups is 1. The molecule has 0 amide bonds. The van der Waals surface area contributed by atoms with Crippen LogP contribution in [-0.4, -0.2) is 31.6 Å². The van der Waals surface area contributed by atoms with Crippen LogP contribution < -0.4 is 5.32 Å². The van der Waals surface area contributed by atoms with Crippen LogP contribution in [0.1, 0.15) is 51.2 Å². The zero-order chi connectivity index (χ0) is 26.5. The smallest absolute Gasteiger partial charge is 0.416 e. The van der Waals surface area contributed by atoms with Crippen molar-refractivity contribution in [1.82, 2.24) is 14.8 Å². The first-order valence-electron chi connectivity index (χ1n) is 11.4. The van der Waals surface area contributed by atoms with Gasteiger partial charge in [-0.1, -0.05) is 12.1 Å². The van der Waals surface area contributed by atoms with Crippen molar-refractivity contribution in [3.05, 3.63) is 87.3 Å². The number of hydrogen-bond donors (Lipinski definition) is 2. The fourth-order valence-electron chi connectivity index (χ4n) is 4.31. The van der Waals surface area contributed by atoms with E-state index >= 15 is 0 Å². The van der Waals surface area contributed by atoms with Crippen LogP contribution in [0.4, 0.5) is 24.5 Å². The fraction of sp³-hybridized carbons (Fsp3) is 0.231. The van der Waals surface area contributed by atoms with Crippen molar-refractivity contribution in [3.63, 3.8) is 0 Å². The number of anilines is 2. The molecule has 3 heterocycles. The van der Waals surface area contributed by atoms with E-state index < -0.39 is 23.8 Å². The summed E-state index contributed by atoms with van der Waals surface area (Å²) < 4.78 is 40.4. The molecule has 1 aliphatic rings. The predicted molar refractivity (Wildman–Crippen MR) is 135 cm³/mol. The van der Waals surface area contributed by atoms with E-state index in [1.165, 1.54) is 12.1 Å². The van der Waals surface area contributed by atoms with Crippen molar-refractivity contribution in [2.45, 2.75) is 39.4 Å². The molecule has 37 heavy (non-hydrogen) atoms. The normalized spacial score (nSPS) is 15.0. The first-order chi connectivity index (χ1) is 17.5. The van der Waals surface area contributed by atoms with Crippen molar-refractivity contribution >= 4 is 34.4 Å². The Hall–Kier alpha value is -3.99. The first kappa shape index (κ1) is 24.7. The molecule has 1 aliphatic heterocycles. The van der Waals surface area contributed by atoms with Crippen LogP contribution in [0.3, 0.4) is 0 Å². The molecule has 5 rings (SSSR count). The average Bonchev–Trinajstić information content (AvgIpc) is 3.31. The highest BCUT2D eigenvalue weighted by atomic mass is 32.1. The summed E-state index contributed by atoms with van der Waals surface area (Å²) in [5.74, 6) is 0.146. The number of alkyl halides is 3. The molecule has 190 valence electrons. The van der Waals surface area contributed by atoms with Gasteiger partial charge in [0.05, 0.1) is 17.7 Å². The van der Waals surface area contributed by atoms with Crippen LogP contribution >= 0.6 is 11.3 Å². The lowest BCUT2D eigenvalue weighted by atomic mass is 9.99. The number of aromatic nitrogens is 3. The molecule has 0 spiro atoms. The summed E-state index contributed by atoms with van der Waals surface area (Å²) in [6.07, 6.45) is -4.62. The SMILES string of the molecule is Cc1sc2c(c1C)C(c1ccc(Nc3ccc(C(F)(F)F)cc3)cc1)=N[C@@H](CC(=O)O)c1nnc(C)n1-2. The maximum atomic E-state index is 12.8. The second-order valence-corrected chi connectivity index (χ2v) is 9.98. The van der Waals surface area contributed by atoms with Gasteiger partial charge in [-0.3, -0.25) is 14.4 Å². The van der Waals surface area contributed by atoms with Crippen LogP contribution in [0.25, 0.3) is 5.00 Å². The third-order valence-corrected chi connectivity index (χ3v) is 7.46. The molecular formula is C26H22F3N5O2S. The molecule has 0 bridgehead atoms. The Morgan fingerprint density at radius 2 is 1.65 bits per heavy atom. The minimum absolute atomic E-state index is 0.234. The van der Waals surface area contributed by atoms with Crippen LogP contribution in [0.15, 0.2) is 53.5 Å².